The van der Waals surface area contributed by atoms with Gasteiger partial charge in [-0.3, -0.25) is 14.4 Å². The van der Waals surface area contributed by atoms with Gasteiger partial charge in [0.25, 0.3) is 0 Å². The molecule has 4 aromatic carbocycles. The molecule has 5 rings (SSSR count). The lowest BCUT2D eigenvalue weighted by molar-refractivity contribution is -0.143. The number of anilines is 2. The van der Waals surface area contributed by atoms with E-state index in [0.717, 1.165) is 42.0 Å². The van der Waals surface area contributed by atoms with Gasteiger partial charge in [-0.15, -0.1) is 0 Å². The molecule has 0 N–H and O–H groups in total. The Kier molecular flexibility index (Phi) is 15.7. The van der Waals surface area contributed by atoms with E-state index < -0.39 is 23.7 Å². The molecular formula is C47H57F3N6O3. The topological polar surface area (TPSA) is 70.7 Å². The van der Waals surface area contributed by atoms with Crippen LogP contribution in [-0.2, 0) is 40.1 Å². The molecule has 3 amide bonds. The molecular weight excluding hydrogens is 754 g/mol. The summed E-state index contributed by atoms with van der Waals surface area (Å²) in [6.45, 7) is 12.3. The molecule has 9 nitrogen and oxygen atoms in total. The quantitative estimate of drug-likeness (QED) is 0.103. The summed E-state index contributed by atoms with van der Waals surface area (Å²) in [5.41, 5.74) is 4.70. The van der Waals surface area contributed by atoms with Crippen LogP contribution in [0.3, 0.4) is 0 Å². The fourth-order valence-corrected chi connectivity index (χ4v) is 7.32. The van der Waals surface area contributed by atoms with Crippen LogP contribution in [0, 0.1) is 0 Å². The number of hydrogen-bond donors (Lipinski definition) is 0. The van der Waals surface area contributed by atoms with Crippen LogP contribution in [0.2, 0.25) is 0 Å². The zero-order valence-electron chi connectivity index (χ0n) is 34.9. The molecule has 1 saturated heterocycles. The molecule has 0 spiro atoms. The number of hydrogen-bond acceptors (Lipinski definition) is 6. The van der Waals surface area contributed by atoms with Gasteiger partial charge in [0.15, 0.2) is 0 Å². The molecule has 12 heteroatoms. The van der Waals surface area contributed by atoms with Crippen molar-refractivity contribution < 1.29 is 27.6 Å². The Morgan fingerprint density at radius 2 is 1.32 bits per heavy atom. The van der Waals surface area contributed by atoms with Crippen molar-refractivity contribution in [3.63, 3.8) is 0 Å². The maximum absolute atomic E-state index is 14.6. The predicted molar refractivity (Wildman–Crippen MR) is 230 cm³/mol. The maximum atomic E-state index is 14.6. The van der Waals surface area contributed by atoms with Crippen LogP contribution < -0.4 is 9.80 Å². The lowest BCUT2D eigenvalue weighted by atomic mass is 10.0. The van der Waals surface area contributed by atoms with Gasteiger partial charge in [0.05, 0.1) is 5.56 Å². The minimum atomic E-state index is -4.48. The van der Waals surface area contributed by atoms with E-state index in [1.807, 2.05) is 66.5 Å². The Labute approximate surface area is 347 Å². The highest BCUT2D eigenvalue weighted by Crippen LogP contribution is 2.29. The number of carbonyl (C=O) groups excluding carboxylic acids is 3. The zero-order valence-corrected chi connectivity index (χ0v) is 34.9. The summed E-state index contributed by atoms with van der Waals surface area (Å²) in [7, 11) is 3.78. The van der Waals surface area contributed by atoms with Gasteiger partial charge in [0, 0.05) is 103 Å². The lowest BCUT2D eigenvalue weighted by Gasteiger charge is -2.36. The lowest BCUT2D eigenvalue weighted by Crippen LogP contribution is -2.51. The highest BCUT2D eigenvalue weighted by molar-refractivity contribution is 5.95. The number of alkyl halides is 3. The fourth-order valence-electron chi connectivity index (χ4n) is 7.32. The van der Waals surface area contributed by atoms with Crippen molar-refractivity contribution in [3.8, 4) is 0 Å². The third kappa shape index (κ3) is 12.7. The molecule has 0 unspecified atom stereocenters. The minimum Gasteiger partial charge on any atom is -0.372 e. The first-order valence-corrected chi connectivity index (χ1v) is 20.3. The van der Waals surface area contributed by atoms with Crippen molar-refractivity contribution in [2.45, 2.75) is 52.5 Å². The summed E-state index contributed by atoms with van der Waals surface area (Å²) in [4.78, 5) is 52.5. The molecule has 1 aliphatic rings. The number of likely N-dealkylation sites (N-methyl/N-ethyl adjacent to an activating group) is 2. The monoisotopic (exact) mass is 810 g/mol. The van der Waals surface area contributed by atoms with E-state index in [4.69, 9.17) is 0 Å². The van der Waals surface area contributed by atoms with E-state index in [1.54, 1.807) is 23.8 Å². The molecule has 1 atom stereocenters. The summed E-state index contributed by atoms with van der Waals surface area (Å²) in [6.07, 6.45) is -1.40. The van der Waals surface area contributed by atoms with Crippen LogP contribution in [-0.4, -0.2) is 110 Å². The number of piperazine rings is 1. The Bertz CT molecular complexity index is 1980. The van der Waals surface area contributed by atoms with Crippen LogP contribution in [0.15, 0.2) is 109 Å². The molecule has 314 valence electrons. The van der Waals surface area contributed by atoms with E-state index in [0.29, 0.717) is 51.4 Å². The van der Waals surface area contributed by atoms with Gasteiger partial charge in [-0.2, -0.15) is 13.2 Å². The zero-order chi connectivity index (χ0) is 42.5. The molecule has 0 saturated carbocycles. The number of rotatable bonds is 17. The smallest absolute Gasteiger partial charge is 0.372 e. The van der Waals surface area contributed by atoms with Crippen molar-refractivity contribution in [3.05, 3.63) is 137 Å². The first kappa shape index (κ1) is 44.5. The Balaban J connectivity index is 1.37. The second-order valence-corrected chi connectivity index (χ2v) is 15.1. The van der Waals surface area contributed by atoms with E-state index >= 15 is 0 Å². The second-order valence-electron chi connectivity index (χ2n) is 15.1. The molecule has 1 heterocycles. The number of carbonyl (C=O) groups is 3. The average Bonchev–Trinajstić information content (AvgIpc) is 3.24. The predicted octanol–water partition coefficient (Wildman–Crippen LogP) is 7.46. The molecule has 1 aliphatic heterocycles. The normalized spacial score (nSPS) is 13.8. The van der Waals surface area contributed by atoms with Crippen LogP contribution >= 0.6 is 0 Å². The molecule has 4 aromatic rings. The molecule has 0 aliphatic carbocycles. The first-order chi connectivity index (χ1) is 28.2. The number of benzene rings is 4. The number of amides is 3. The minimum absolute atomic E-state index is 0.0612. The van der Waals surface area contributed by atoms with Crippen molar-refractivity contribution in [2.24, 2.45) is 0 Å². The highest BCUT2D eigenvalue weighted by Gasteiger charge is 2.32. The van der Waals surface area contributed by atoms with Crippen molar-refractivity contribution in [2.75, 3.05) is 76.3 Å². The Hall–Kier alpha value is -5.62. The van der Waals surface area contributed by atoms with E-state index in [-0.39, 0.29) is 24.8 Å². The van der Waals surface area contributed by atoms with E-state index in [2.05, 4.69) is 52.8 Å². The van der Waals surface area contributed by atoms with Crippen molar-refractivity contribution in [1.29, 1.82) is 0 Å². The number of halogens is 3. The van der Waals surface area contributed by atoms with Gasteiger partial charge >= 0.3 is 6.18 Å². The molecule has 1 fully saturated rings. The summed E-state index contributed by atoms with van der Waals surface area (Å²) in [5, 5.41) is 0. The fraction of sp³-hybridized carbons (Fsp3) is 0.383. The molecule has 0 aromatic heterocycles. The molecule has 0 radical (unpaired) electrons. The van der Waals surface area contributed by atoms with E-state index in [1.165, 1.54) is 35.5 Å². The summed E-state index contributed by atoms with van der Waals surface area (Å²) in [5.74, 6) is -0.601. The SMILES string of the molecule is CCN(CC)c1ccc(CN(C)CCN(C)C(=O)[C@H](Cc2ccccc2)N(Cc2ccc(N3CCN(C(C)=O)CC3)cc2)C(=O)C=Cc2ccc(C(F)(F)F)cc2)cc1. The summed E-state index contributed by atoms with van der Waals surface area (Å²) < 4.78 is 39.8. The van der Waals surface area contributed by atoms with Crippen molar-refractivity contribution >= 4 is 35.2 Å². The van der Waals surface area contributed by atoms with Gasteiger partial charge < -0.3 is 29.4 Å². The van der Waals surface area contributed by atoms with Gasteiger partial charge in [-0.05, 0) is 85.6 Å². The average molecular weight is 811 g/mol. The largest absolute Gasteiger partial charge is 0.416 e. The Morgan fingerprint density at radius 3 is 1.90 bits per heavy atom. The molecule has 0 bridgehead atoms. The van der Waals surface area contributed by atoms with Gasteiger partial charge in [-0.1, -0.05) is 66.7 Å². The molecule has 59 heavy (non-hydrogen) atoms. The van der Waals surface area contributed by atoms with Crippen LogP contribution in [0.25, 0.3) is 6.08 Å². The third-order valence-corrected chi connectivity index (χ3v) is 11.0. The van der Waals surface area contributed by atoms with Crippen LogP contribution in [0.1, 0.15) is 48.6 Å². The highest BCUT2D eigenvalue weighted by atomic mass is 19.4. The Morgan fingerprint density at radius 1 is 0.729 bits per heavy atom. The van der Waals surface area contributed by atoms with Crippen molar-refractivity contribution in [1.82, 2.24) is 19.6 Å². The van der Waals surface area contributed by atoms with Gasteiger partial charge in [0.2, 0.25) is 17.7 Å². The first-order valence-electron chi connectivity index (χ1n) is 20.3. The standard InChI is InChI=1S/C47H57F3N6O3/c1-6-53(7-2)42-22-15-39(16-23-42)34-51(4)27-28-52(5)46(59)44(33-38-11-9-8-10-12-38)56(45(58)26-19-37-13-20-41(21-14-37)47(48,49)50)35-40-17-24-43(25-18-40)55-31-29-54(30-32-55)36(3)57/h8-26,44H,6-7,27-35H2,1-5H3/t44-/m0/s1. The summed E-state index contributed by atoms with van der Waals surface area (Å²) >= 11 is 0. The summed E-state index contributed by atoms with van der Waals surface area (Å²) in [6, 6.07) is 29.7. The van der Waals surface area contributed by atoms with E-state index in [9.17, 15) is 27.6 Å². The number of nitrogens with zero attached hydrogens (tertiary/aromatic N) is 6. The van der Waals surface area contributed by atoms with Crippen LogP contribution in [0.5, 0.6) is 0 Å². The van der Waals surface area contributed by atoms with Gasteiger partial charge in [-0.25, -0.2) is 0 Å². The third-order valence-electron chi connectivity index (χ3n) is 11.0. The van der Waals surface area contributed by atoms with Crippen LogP contribution in [0.4, 0.5) is 24.5 Å². The maximum Gasteiger partial charge on any atom is 0.416 e. The van der Waals surface area contributed by atoms with Gasteiger partial charge in [0.1, 0.15) is 6.04 Å². The second kappa shape index (κ2) is 20.9.